The van der Waals surface area contributed by atoms with E-state index >= 15 is 0 Å². The number of rotatable bonds is 18. The topological polar surface area (TPSA) is 153 Å². The summed E-state index contributed by atoms with van der Waals surface area (Å²) in [7, 11) is 5.70. The van der Waals surface area contributed by atoms with E-state index in [1.807, 2.05) is 54.6 Å². The van der Waals surface area contributed by atoms with Gasteiger partial charge in [-0.2, -0.15) is 0 Å². The van der Waals surface area contributed by atoms with Gasteiger partial charge in [-0.1, -0.05) is 68.1 Å². The van der Waals surface area contributed by atoms with Crippen molar-refractivity contribution >= 4 is 17.8 Å². The summed E-state index contributed by atoms with van der Waals surface area (Å²) in [6.45, 7) is 9.03. The molecule has 1 amide bonds. The average Bonchev–Trinajstić information content (AvgIpc) is 3.16. The second-order valence-corrected chi connectivity index (χ2v) is 11.7. The molecule has 0 spiro atoms. The lowest BCUT2D eigenvalue weighted by Gasteiger charge is -2.42. The van der Waals surface area contributed by atoms with Crippen LogP contribution in [-0.4, -0.2) is 91.3 Å². The summed E-state index contributed by atoms with van der Waals surface area (Å²) in [6, 6.07) is 24.2. The number of esters is 2. The van der Waals surface area contributed by atoms with E-state index in [0.29, 0.717) is 18.9 Å². The molecule has 0 aliphatic rings. The quantitative estimate of drug-likeness (QED) is 0.129. The van der Waals surface area contributed by atoms with Gasteiger partial charge in [0.05, 0.1) is 53.9 Å². The van der Waals surface area contributed by atoms with E-state index in [1.165, 1.54) is 26.0 Å². The van der Waals surface area contributed by atoms with Crippen molar-refractivity contribution in [1.29, 1.82) is 0 Å². The molecule has 4 atom stereocenters. The van der Waals surface area contributed by atoms with Crippen molar-refractivity contribution < 1.29 is 48.3 Å². The summed E-state index contributed by atoms with van der Waals surface area (Å²) in [5, 5.41) is 23.8. The molecule has 0 fully saturated rings. The van der Waals surface area contributed by atoms with E-state index in [9.17, 15) is 24.6 Å². The predicted molar refractivity (Wildman–Crippen MR) is 193 cm³/mol. The van der Waals surface area contributed by atoms with E-state index in [-0.39, 0.29) is 19.6 Å². The third-order valence-electron chi connectivity index (χ3n) is 8.66. The number of ether oxygens (including phenoxy) is 5. The second kappa shape index (κ2) is 20.8. The van der Waals surface area contributed by atoms with Crippen LogP contribution in [-0.2, 0) is 48.3 Å². The maximum Gasteiger partial charge on any atom is 0.334 e. The van der Waals surface area contributed by atoms with Gasteiger partial charge in [0.15, 0.2) is 11.1 Å². The van der Waals surface area contributed by atoms with Gasteiger partial charge in [-0.3, -0.25) is 10.1 Å². The molecule has 278 valence electrons. The first-order valence-electron chi connectivity index (χ1n) is 16.5. The third kappa shape index (κ3) is 11.1. The Morgan fingerprint density at radius 3 is 1.75 bits per heavy atom. The molecule has 0 heterocycles. The monoisotopic (exact) mass is 708 g/mol. The van der Waals surface area contributed by atoms with Crippen molar-refractivity contribution in [3.63, 3.8) is 0 Å². The van der Waals surface area contributed by atoms with Crippen molar-refractivity contribution in [2.45, 2.75) is 70.2 Å². The fourth-order valence-corrected chi connectivity index (χ4v) is 5.46. The van der Waals surface area contributed by atoms with Crippen LogP contribution in [0, 0.1) is 0 Å². The number of carbonyl (C=O) groups is 3. The molecule has 0 radical (unpaired) electrons. The molecule has 12 nitrogen and oxygen atoms in total. The van der Waals surface area contributed by atoms with Crippen molar-refractivity contribution in [2.75, 3.05) is 35.0 Å². The van der Waals surface area contributed by atoms with Crippen LogP contribution in [0.4, 0.5) is 0 Å². The fourth-order valence-electron chi connectivity index (χ4n) is 5.46. The number of carbonyl (C=O) groups excluding carboxylic acids is 3. The van der Waals surface area contributed by atoms with Crippen LogP contribution in [0.3, 0.4) is 0 Å². The molecule has 0 aliphatic heterocycles. The number of benzene rings is 3. The van der Waals surface area contributed by atoms with Gasteiger partial charge in [0, 0.05) is 13.1 Å². The zero-order valence-corrected chi connectivity index (χ0v) is 30.6. The van der Waals surface area contributed by atoms with Crippen LogP contribution in [0.5, 0.6) is 11.5 Å². The lowest BCUT2D eigenvalue weighted by molar-refractivity contribution is -0.170. The van der Waals surface area contributed by atoms with Gasteiger partial charge in [-0.05, 0) is 67.3 Å². The van der Waals surface area contributed by atoms with Gasteiger partial charge in [0.2, 0.25) is 5.91 Å². The van der Waals surface area contributed by atoms with Crippen LogP contribution >= 0.6 is 0 Å². The molecule has 0 aliphatic carbocycles. The molecule has 3 aromatic rings. The standard InChI is InChI=1S/C21H27NO5.C18H25NO5/c1-16(23)21(20(24)26-3,15-27-14-18-7-5-4-6-8-18)22-13-17-9-11-19(25-2)12-10-17;1-6-16(21)19(12-14-8-10-15(23-4)11-9-14)18(7-2,13(3)20)17(22)24-5/h4-12,16,22-23H,13-15H2,1-3H3;6,8-11,13,20H,1,7,12H2,2-5H3/t16-,21-;13-,18-/m11/s1. The SMILES string of the molecule is C=CC(=O)N(Cc1ccc(OC)cc1)[C@@](CC)(C(=O)OC)[C@@H](C)O.COC(=O)[C@](COCc1ccccc1)(NCc1ccc(OC)cc1)[C@@H](C)O. The smallest absolute Gasteiger partial charge is 0.334 e. The first-order valence-corrected chi connectivity index (χ1v) is 16.5. The minimum absolute atomic E-state index is 0.0254. The van der Waals surface area contributed by atoms with Crippen molar-refractivity contribution in [2.24, 2.45) is 0 Å². The highest BCUT2D eigenvalue weighted by atomic mass is 16.5. The second-order valence-electron chi connectivity index (χ2n) is 11.7. The molecule has 0 unspecified atom stereocenters. The molecule has 0 saturated carbocycles. The number of hydrogen-bond acceptors (Lipinski definition) is 11. The summed E-state index contributed by atoms with van der Waals surface area (Å²) >= 11 is 0. The molecule has 0 saturated heterocycles. The molecule has 51 heavy (non-hydrogen) atoms. The highest BCUT2D eigenvalue weighted by molar-refractivity contribution is 5.93. The molecule has 3 rings (SSSR count). The Morgan fingerprint density at radius 1 is 0.784 bits per heavy atom. The predicted octanol–water partition coefficient (Wildman–Crippen LogP) is 4.21. The minimum Gasteiger partial charge on any atom is -0.497 e. The Morgan fingerprint density at radius 2 is 1.31 bits per heavy atom. The van der Waals surface area contributed by atoms with Crippen LogP contribution in [0.2, 0.25) is 0 Å². The highest BCUT2D eigenvalue weighted by Crippen LogP contribution is 2.29. The van der Waals surface area contributed by atoms with Crippen molar-refractivity contribution in [3.8, 4) is 11.5 Å². The normalized spacial score (nSPS) is 14.2. The Labute approximate surface area is 300 Å². The van der Waals surface area contributed by atoms with Crippen LogP contribution in [0.15, 0.2) is 91.5 Å². The largest absolute Gasteiger partial charge is 0.497 e. The average molecular weight is 709 g/mol. The van der Waals surface area contributed by atoms with Gasteiger partial charge < -0.3 is 38.8 Å². The molecule has 3 aromatic carbocycles. The molecule has 0 bridgehead atoms. The maximum absolute atomic E-state index is 12.5. The number of aliphatic hydroxyl groups excluding tert-OH is 2. The maximum atomic E-state index is 12.5. The molecule has 3 N–H and O–H groups in total. The Hall–Kier alpha value is -4.75. The third-order valence-corrected chi connectivity index (χ3v) is 8.66. The lowest BCUT2D eigenvalue weighted by atomic mass is 9.87. The van der Waals surface area contributed by atoms with E-state index in [4.69, 9.17) is 23.7 Å². The number of aliphatic hydroxyl groups is 2. The van der Waals surface area contributed by atoms with Crippen LogP contribution < -0.4 is 14.8 Å². The summed E-state index contributed by atoms with van der Waals surface area (Å²) in [5.74, 6) is -0.257. The molecule has 0 aromatic heterocycles. The summed E-state index contributed by atoms with van der Waals surface area (Å²) in [6.07, 6.45) is -0.803. The lowest BCUT2D eigenvalue weighted by Crippen LogP contribution is -2.62. The van der Waals surface area contributed by atoms with E-state index in [0.717, 1.165) is 28.5 Å². The zero-order chi connectivity index (χ0) is 38.0. The summed E-state index contributed by atoms with van der Waals surface area (Å²) < 4.78 is 25.8. The van der Waals surface area contributed by atoms with Gasteiger partial charge in [0.25, 0.3) is 0 Å². The number of amides is 1. The first kappa shape index (κ1) is 42.4. The van der Waals surface area contributed by atoms with Crippen molar-refractivity contribution in [3.05, 3.63) is 108 Å². The molecule has 12 heteroatoms. The highest BCUT2D eigenvalue weighted by Gasteiger charge is 2.49. The number of hydrogen-bond donors (Lipinski definition) is 3. The summed E-state index contributed by atoms with van der Waals surface area (Å²) in [4.78, 5) is 38.7. The zero-order valence-electron chi connectivity index (χ0n) is 30.6. The molecular weight excluding hydrogens is 656 g/mol. The summed E-state index contributed by atoms with van der Waals surface area (Å²) in [5.41, 5.74) is -0.151. The Kier molecular flexibility index (Phi) is 17.3. The fraction of sp³-hybridized carbons (Fsp3) is 0.410. The van der Waals surface area contributed by atoms with Gasteiger partial charge in [-0.25, -0.2) is 9.59 Å². The number of nitrogens with zero attached hydrogens (tertiary/aromatic N) is 1. The van der Waals surface area contributed by atoms with Gasteiger partial charge in [0.1, 0.15) is 11.5 Å². The molecular formula is C39H52N2O10. The number of nitrogens with one attached hydrogen (secondary N) is 1. The van der Waals surface area contributed by atoms with Crippen molar-refractivity contribution in [1.82, 2.24) is 10.2 Å². The number of methoxy groups -OCH3 is 4. The van der Waals surface area contributed by atoms with E-state index < -0.39 is 41.1 Å². The minimum atomic E-state index is -1.49. The Balaban J connectivity index is 0.000000356. The van der Waals surface area contributed by atoms with Gasteiger partial charge in [-0.15, -0.1) is 0 Å². The Bertz CT molecular complexity index is 1510. The van der Waals surface area contributed by atoms with E-state index in [2.05, 4.69) is 11.9 Å². The van der Waals surface area contributed by atoms with Crippen LogP contribution in [0.1, 0.15) is 43.9 Å². The van der Waals surface area contributed by atoms with Gasteiger partial charge >= 0.3 is 11.9 Å². The van der Waals surface area contributed by atoms with Crippen LogP contribution in [0.25, 0.3) is 0 Å². The van der Waals surface area contributed by atoms with E-state index in [1.54, 1.807) is 52.3 Å². The first-order chi connectivity index (χ1) is 24.4.